The zero-order chi connectivity index (χ0) is 15.0. The largest absolute Gasteiger partial charge is 0.504 e. The van der Waals surface area contributed by atoms with E-state index in [2.05, 4.69) is 18.7 Å². The predicted molar refractivity (Wildman–Crippen MR) is 81.3 cm³/mol. The first kappa shape index (κ1) is 16.8. The van der Waals surface area contributed by atoms with Gasteiger partial charge in [-0.1, -0.05) is 19.1 Å². The van der Waals surface area contributed by atoms with Crippen LogP contribution in [0.2, 0.25) is 0 Å². The van der Waals surface area contributed by atoms with Gasteiger partial charge in [-0.15, -0.1) is 0 Å². The van der Waals surface area contributed by atoms with Crippen molar-refractivity contribution < 1.29 is 14.6 Å². The van der Waals surface area contributed by atoms with Crippen molar-refractivity contribution in [3.05, 3.63) is 23.8 Å². The fraction of sp³-hybridized carbons (Fsp3) is 0.625. The molecule has 4 heteroatoms. The Morgan fingerprint density at radius 3 is 2.65 bits per heavy atom. The van der Waals surface area contributed by atoms with E-state index in [0.717, 1.165) is 18.5 Å². The third-order valence-corrected chi connectivity index (χ3v) is 3.55. The van der Waals surface area contributed by atoms with Crippen LogP contribution in [0.3, 0.4) is 0 Å². The summed E-state index contributed by atoms with van der Waals surface area (Å²) >= 11 is 0. The number of aromatic hydroxyl groups is 1. The predicted octanol–water partition coefficient (Wildman–Crippen LogP) is 3.04. The van der Waals surface area contributed by atoms with E-state index < -0.39 is 0 Å². The van der Waals surface area contributed by atoms with E-state index in [1.807, 2.05) is 19.1 Å². The van der Waals surface area contributed by atoms with Gasteiger partial charge in [0.1, 0.15) is 0 Å². The van der Waals surface area contributed by atoms with Crippen molar-refractivity contribution in [1.29, 1.82) is 0 Å². The van der Waals surface area contributed by atoms with Gasteiger partial charge >= 0.3 is 0 Å². The molecule has 20 heavy (non-hydrogen) atoms. The number of para-hydroxylation sites is 1. The average molecular weight is 281 g/mol. The molecule has 0 fully saturated rings. The molecule has 0 aliphatic carbocycles. The van der Waals surface area contributed by atoms with Gasteiger partial charge < -0.3 is 14.6 Å². The van der Waals surface area contributed by atoms with Crippen molar-refractivity contribution in [2.24, 2.45) is 0 Å². The fourth-order valence-electron chi connectivity index (χ4n) is 2.11. The van der Waals surface area contributed by atoms with Crippen molar-refractivity contribution in [1.82, 2.24) is 4.90 Å². The van der Waals surface area contributed by atoms with Gasteiger partial charge in [0.15, 0.2) is 11.5 Å². The van der Waals surface area contributed by atoms with Crippen LogP contribution in [0.1, 0.15) is 32.8 Å². The number of hydrogen-bond donors (Lipinski definition) is 1. The Bertz CT molecular complexity index is 395. The van der Waals surface area contributed by atoms with Gasteiger partial charge in [0.05, 0.1) is 13.2 Å². The topological polar surface area (TPSA) is 41.9 Å². The zero-order valence-electron chi connectivity index (χ0n) is 13.1. The molecule has 0 radical (unpaired) electrons. The molecule has 1 atom stereocenters. The van der Waals surface area contributed by atoms with Crippen LogP contribution in [0, 0.1) is 0 Å². The number of ether oxygens (including phenoxy) is 2. The molecular weight excluding hydrogens is 254 g/mol. The number of methoxy groups -OCH3 is 1. The molecule has 1 rings (SSSR count). The van der Waals surface area contributed by atoms with Gasteiger partial charge in [-0.25, -0.2) is 0 Å². The first-order valence-electron chi connectivity index (χ1n) is 7.30. The molecular formula is C16H27NO3. The summed E-state index contributed by atoms with van der Waals surface area (Å²) in [5.74, 6) is 0.806. The standard InChI is InChI=1S/C16H27NO3/c1-5-13(3)17(10-11-19-4)12-14-8-7-9-15(16(14)18)20-6-2/h7-9,13,18H,5-6,10-12H2,1-4H3. The summed E-state index contributed by atoms with van der Waals surface area (Å²) in [6.45, 7) is 9.07. The van der Waals surface area contributed by atoms with Gasteiger partial charge in [0, 0.05) is 31.8 Å². The van der Waals surface area contributed by atoms with Crippen LogP contribution in [0.25, 0.3) is 0 Å². The third kappa shape index (κ3) is 4.69. The Labute approximate surface area is 122 Å². The van der Waals surface area contributed by atoms with Crippen molar-refractivity contribution in [3.63, 3.8) is 0 Å². The van der Waals surface area contributed by atoms with Gasteiger partial charge in [-0.3, -0.25) is 4.90 Å². The minimum Gasteiger partial charge on any atom is -0.504 e. The van der Waals surface area contributed by atoms with E-state index in [0.29, 0.717) is 31.5 Å². The van der Waals surface area contributed by atoms with Gasteiger partial charge in [0.25, 0.3) is 0 Å². The number of phenolic OH excluding ortho intramolecular Hbond substituents is 1. The van der Waals surface area contributed by atoms with E-state index in [1.54, 1.807) is 13.2 Å². The molecule has 114 valence electrons. The van der Waals surface area contributed by atoms with Crippen LogP contribution in [-0.4, -0.2) is 42.9 Å². The summed E-state index contributed by atoms with van der Waals surface area (Å²) < 4.78 is 10.6. The molecule has 0 saturated heterocycles. The second kappa shape index (κ2) is 8.82. The molecule has 1 N–H and O–H groups in total. The van der Waals surface area contributed by atoms with Crippen molar-refractivity contribution in [2.45, 2.75) is 39.8 Å². The molecule has 0 bridgehead atoms. The molecule has 4 nitrogen and oxygen atoms in total. The van der Waals surface area contributed by atoms with Crippen molar-refractivity contribution in [3.8, 4) is 11.5 Å². The Morgan fingerprint density at radius 1 is 1.30 bits per heavy atom. The Balaban J connectivity index is 2.84. The quantitative estimate of drug-likeness (QED) is 0.755. The van der Waals surface area contributed by atoms with Crippen LogP contribution in [0.5, 0.6) is 11.5 Å². The van der Waals surface area contributed by atoms with E-state index in [-0.39, 0.29) is 5.75 Å². The second-order valence-corrected chi connectivity index (χ2v) is 4.92. The van der Waals surface area contributed by atoms with E-state index in [1.165, 1.54) is 0 Å². The highest BCUT2D eigenvalue weighted by Crippen LogP contribution is 2.31. The van der Waals surface area contributed by atoms with Crippen LogP contribution in [-0.2, 0) is 11.3 Å². The Kier molecular flexibility index (Phi) is 7.41. The van der Waals surface area contributed by atoms with Crippen molar-refractivity contribution >= 4 is 0 Å². The molecule has 0 aliphatic rings. The highest BCUT2D eigenvalue weighted by Gasteiger charge is 2.16. The van der Waals surface area contributed by atoms with Crippen LogP contribution >= 0.6 is 0 Å². The Hall–Kier alpha value is -1.26. The summed E-state index contributed by atoms with van der Waals surface area (Å²) in [6, 6.07) is 6.11. The SMILES string of the molecule is CCOc1cccc(CN(CCOC)C(C)CC)c1O. The highest BCUT2D eigenvalue weighted by atomic mass is 16.5. The maximum absolute atomic E-state index is 10.3. The number of benzene rings is 1. The minimum atomic E-state index is 0.250. The smallest absolute Gasteiger partial charge is 0.162 e. The summed E-state index contributed by atoms with van der Waals surface area (Å²) in [6.07, 6.45) is 1.07. The molecule has 0 aliphatic heterocycles. The van der Waals surface area contributed by atoms with Crippen LogP contribution in [0.4, 0.5) is 0 Å². The van der Waals surface area contributed by atoms with Crippen LogP contribution in [0.15, 0.2) is 18.2 Å². The van der Waals surface area contributed by atoms with E-state index in [4.69, 9.17) is 9.47 Å². The molecule has 1 unspecified atom stereocenters. The first-order valence-corrected chi connectivity index (χ1v) is 7.30. The molecule has 1 aromatic carbocycles. The lowest BCUT2D eigenvalue weighted by atomic mass is 10.1. The molecule has 0 heterocycles. The summed E-state index contributed by atoms with van der Waals surface area (Å²) in [7, 11) is 1.71. The van der Waals surface area contributed by atoms with Gasteiger partial charge in [-0.05, 0) is 26.3 Å². The first-order chi connectivity index (χ1) is 9.63. The second-order valence-electron chi connectivity index (χ2n) is 4.92. The number of nitrogens with zero attached hydrogens (tertiary/aromatic N) is 1. The maximum Gasteiger partial charge on any atom is 0.162 e. The lowest BCUT2D eigenvalue weighted by molar-refractivity contribution is 0.117. The van der Waals surface area contributed by atoms with Gasteiger partial charge in [0.2, 0.25) is 0 Å². The number of phenols is 1. The Morgan fingerprint density at radius 2 is 2.05 bits per heavy atom. The highest BCUT2D eigenvalue weighted by molar-refractivity contribution is 5.45. The molecule has 0 aromatic heterocycles. The van der Waals surface area contributed by atoms with Crippen LogP contribution < -0.4 is 4.74 Å². The summed E-state index contributed by atoms with van der Waals surface area (Å²) in [4.78, 5) is 2.31. The lowest BCUT2D eigenvalue weighted by Crippen LogP contribution is -2.34. The molecule has 0 amide bonds. The molecule has 0 spiro atoms. The normalized spacial score (nSPS) is 12.7. The molecule has 0 saturated carbocycles. The summed E-state index contributed by atoms with van der Waals surface area (Å²) in [5.41, 5.74) is 0.896. The van der Waals surface area contributed by atoms with Crippen molar-refractivity contribution in [2.75, 3.05) is 26.9 Å². The lowest BCUT2D eigenvalue weighted by Gasteiger charge is -2.28. The van der Waals surface area contributed by atoms with E-state index >= 15 is 0 Å². The number of rotatable bonds is 9. The summed E-state index contributed by atoms with van der Waals surface area (Å²) in [5, 5.41) is 10.3. The fourth-order valence-corrected chi connectivity index (χ4v) is 2.11. The zero-order valence-corrected chi connectivity index (χ0v) is 13.1. The van der Waals surface area contributed by atoms with Gasteiger partial charge in [-0.2, -0.15) is 0 Å². The average Bonchev–Trinajstić information content (AvgIpc) is 2.46. The monoisotopic (exact) mass is 281 g/mol. The molecule has 1 aromatic rings. The minimum absolute atomic E-state index is 0.250. The maximum atomic E-state index is 10.3. The third-order valence-electron chi connectivity index (χ3n) is 3.55. The van der Waals surface area contributed by atoms with E-state index in [9.17, 15) is 5.11 Å². The number of hydrogen-bond acceptors (Lipinski definition) is 4.